The Labute approximate surface area is 166 Å². The van der Waals surface area contributed by atoms with Gasteiger partial charge in [-0.1, -0.05) is 30.3 Å². The highest BCUT2D eigenvalue weighted by Crippen LogP contribution is 2.40. The molecule has 1 atom stereocenters. The smallest absolute Gasteiger partial charge is 0.142 e. The zero-order chi connectivity index (χ0) is 18.9. The fraction of sp³-hybridized carbons (Fsp3) is 0.0952. The number of benzene rings is 2. The van der Waals surface area contributed by atoms with Crippen molar-refractivity contribution in [3.05, 3.63) is 73.2 Å². The number of hydrogen-bond acceptors (Lipinski definition) is 6. The molecule has 1 aliphatic heterocycles. The molecule has 1 aliphatic rings. The molecule has 0 radical (unpaired) electrons. The number of aromatic nitrogens is 3. The normalized spacial score (nSPS) is 14.5. The van der Waals surface area contributed by atoms with E-state index in [1.807, 2.05) is 48.7 Å². The summed E-state index contributed by atoms with van der Waals surface area (Å²) in [5, 5.41) is 4.48. The second kappa shape index (κ2) is 7.01. The summed E-state index contributed by atoms with van der Waals surface area (Å²) in [5.74, 6) is 1.72. The minimum Gasteiger partial charge on any atom is -0.360 e. The predicted octanol–water partition coefficient (Wildman–Crippen LogP) is 5.02. The number of nitrogens with zero attached hydrogens (tertiary/aromatic N) is 4. The van der Waals surface area contributed by atoms with Crippen molar-refractivity contribution in [2.24, 2.45) is 4.99 Å². The fourth-order valence-electron chi connectivity index (χ4n) is 3.22. The Hall–Kier alpha value is -3.32. The second-order valence-electron chi connectivity index (χ2n) is 6.49. The highest BCUT2D eigenvalue weighted by molar-refractivity contribution is 8.01. The lowest BCUT2D eigenvalue weighted by Crippen LogP contribution is -2.39. The molecule has 0 fully saturated rings. The van der Waals surface area contributed by atoms with Gasteiger partial charge in [0, 0.05) is 6.20 Å². The minimum absolute atomic E-state index is 0.0611. The van der Waals surface area contributed by atoms with Gasteiger partial charge in [0.15, 0.2) is 0 Å². The zero-order valence-corrected chi connectivity index (χ0v) is 16.0. The summed E-state index contributed by atoms with van der Waals surface area (Å²) in [4.78, 5) is 17.9. The maximum atomic E-state index is 4.98. The van der Waals surface area contributed by atoms with E-state index in [1.165, 1.54) is 0 Å². The number of H-pyrrole nitrogens is 1. The number of hydrogen-bond donors (Lipinski definition) is 2. The first-order chi connectivity index (χ1) is 13.8. The molecule has 0 spiro atoms. The average Bonchev–Trinajstić information content (AvgIpc) is 3.23. The maximum Gasteiger partial charge on any atom is 0.142 e. The zero-order valence-electron chi connectivity index (χ0n) is 15.2. The third-order valence-electron chi connectivity index (χ3n) is 4.58. The van der Waals surface area contributed by atoms with Gasteiger partial charge in [0.1, 0.15) is 23.6 Å². The van der Waals surface area contributed by atoms with Crippen LogP contribution in [-0.4, -0.2) is 26.8 Å². The second-order valence-corrected chi connectivity index (χ2v) is 7.47. The van der Waals surface area contributed by atoms with E-state index in [4.69, 9.17) is 4.99 Å². The average molecular weight is 386 g/mol. The van der Waals surface area contributed by atoms with Gasteiger partial charge in [-0.3, -0.25) is 4.31 Å². The number of rotatable bonds is 4. The third kappa shape index (κ3) is 2.99. The highest BCUT2D eigenvalue weighted by Gasteiger charge is 2.27. The van der Waals surface area contributed by atoms with Crippen LogP contribution in [0.25, 0.3) is 11.0 Å². The third-order valence-corrected chi connectivity index (χ3v) is 5.71. The summed E-state index contributed by atoms with van der Waals surface area (Å²) >= 11 is 1.69. The van der Waals surface area contributed by atoms with Crippen molar-refractivity contribution in [2.45, 2.75) is 17.9 Å². The lowest BCUT2D eigenvalue weighted by Gasteiger charge is -2.32. The summed E-state index contributed by atoms with van der Waals surface area (Å²) in [6.45, 7) is 2.10. The summed E-state index contributed by atoms with van der Waals surface area (Å²) in [5.41, 5.74) is 2.89. The summed E-state index contributed by atoms with van der Waals surface area (Å²) < 4.78 is 2.18. The van der Waals surface area contributed by atoms with Crippen molar-refractivity contribution in [1.82, 2.24) is 15.0 Å². The van der Waals surface area contributed by atoms with Gasteiger partial charge in [0.2, 0.25) is 0 Å². The van der Waals surface area contributed by atoms with Crippen molar-refractivity contribution in [1.29, 1.82) is 0 Å². The van der Waals surface area contributed by atoms with E-state index in [0.717, 1.165) is 39.0 Å². The topological polar surface area (TPSA) is 69.2 Å². The molecule has 138 valence electrons. The Kier molecular flexibility index (Phi) is 4.21. The summed E-state index contributed by atoms with van der Waals surface area (Å²) in [6, 6.07) is 20.4. The van der Waals surface area contributed by atoms with E-state index in [9.17, 15) is 0 Å². The van der Waals surface area contributed by atoms with E-state index in [2.05, 4.69) is 49.7 Å². The molecule has 3 heterocycles. The lowest BCUT2D eigenvalue weighted by atomic mass is 10.2. The fourth-order valence-corrected chi connectivity index (χ4v) is 4.28. The standard InChI is InChI=1S/C21H18N6S/c1-14(25-20-16-11-12-22-19(16)23-13-24-20)21-26-17-9-5-6-10-18(17)28-27(21)15-7-3-2-4-8-15/h2-14H,1H3,(H2,22,23,24,25). The predicted molar refractivity (Wildman–Crippen MR) is 115 cm³/mol. The number of para-hydroxylation sites is 2. The first-order valence-electron chi connectivity index (χ1n) is 9.05. The van der Waals surface area contributed by atoms with E-state index < -0.39 is 0 Å². The Balaban J connectivity index is 1.54. The number of fused-ring (bicyclic) bond motifs is 2. The van der Waals surface area contributed by atoms with Crippen molar-refractivity contribution in [3.8, 4) is 0 Å². The molecule has 28 heavy (non-hydrogen) atoms. The molecule has 5 rings (SSSR count). The number of nitrogens with one attached hydrogen (secondary N) is 2. The maximum absolute atomic E-state index is 4.98. The van der Waals surface area contributed by atoms with E-state index in [1.54, 1.807) is 18.3 Å². The van der Waals surface area contributed by atoms with Crippen LogP contribution >= 0.6 is 11.9 Å². The highest BCUT2D eigenvalue weighted by atomic mass is 32.2. The number of aromatic amines is 1. The number of aliphatic imine (C=N–C) groups is 1. The van der Waals surface area contributed by atoms with Crippen molar-refractivity contribution in [3.63, 3.8) is 0 Å². The van der Waals surface area contributed by atoms with Gasteiger partial charge < -0.3 is 10.3 Å². The van der Waals surface area contributed by atoms with Gasteiger partial charge >= 0.3 is 0 Å². The monoisotopic (exact) mass is 386 g/mol. The van der Waals surface area contributed by atoms with E-state index in [-0.39, 0.29) is 6.04 Å². The van der Waals surface area contributed by atoms with Gasteiger partial charge in [-0.05, 0) is 49.2 Å². The number of anilines is 2. The molecule has 2 aromatic carbocycles. The molecule has 0 aliphatic carbocycles. The lowest BCUT2D eigenvalue weighted by molar-refractivity contribution is 1.00. The molecule has 0 bridgehead atoms. The van der Waals surface area contributed by atoms with Crippen LogP contribution < -0.4 is 9.62 Å². The van der Waals surface area contributed by atoms with Crippen molar-refractivity contribution in [2.75, 3.05) is 9.62 Å². The molecular formula is C21H18N6S. The van der Waals surface area contributed by atoms with Gasteiger partial charge in [0.05, 0.1) is 27.7 Å². The molecular weight excluding hydrogens is 368 g/mol. The van der Waals surface area contributed by atoms with Crippen LogP contribution in [0.2, 0.25) is 0 Å². The van der Waals surface area contributed by atoms with Crippen LogP contribution in [0.15, 0.2) is 83.1 Å². The first-order valence-corrected chi connectivity index (χ1v) is 9.82. The van der Waals surface area contributed by atoms with Crippen LogP contribution in [0, 0.1) is 0 Å². The summed E-state index contributed by atoms with van der Waals surface area (Å²) in [6.07, 6.45) is 3.44. The Bertz CT molecular complexity index is 1150. The minimum atomic E-state index is -0.0611. The first kappa shape index (κ1) is 16.8. The van der Waals surface area contributed by atoms with Crippen LogP contribution in [0.1, 0.15) is 6.92 Å². The van der Waals surface area contributed by atoms with Crippen LogP contribution in [0.4, 0.5) is 17.2 Å². The Morgan fingerprint density at radius 3 is 2.71 bits per heavy atom. The molecule has 0 saturated heterocycles. The van der Waals surface area contributed by atoms with E-state index >= 15 is 0 Å². The van der Waals surface area contributed by atoms with Crippen LogP contribution in [0.5, 0.6) is 0 Å². The molecule has 0 saturated carbocycles. The van der Waals surface area contributed by atoms with Crippen molar-refractivity contribution >= 4 is 46.0 Å². The summed E-state index contributed by atoms with van der Waals surface area (Å²) in [7, 11) is 0. The molecule has 2 N–H and O–H groups in total. The van der Waals surface area contributed by atoms with Gasteiger partial charge in [-0.15, -0.1) is 0 Å². The molecule has 0 amide bonds. The Morgan fingerprint density at radius 2 is 1.82 bits per heavy atom. The van der Waals surface area contributed by atoms with Crippen molar-refractivity contribution < 1.29 is 0 Å². The molecule has 1 unspecified atom stereocenters. The van der Waals surface area contributed by atoms with Crippen LogP contribution in [-0.2, 0) is 0 Å². The Morgan fingerprint density at radius 1 is 1.00 bits per heavy atom. The largest absolute Gasteiger partial charge is 0.360 e. The quantitative estimate of drug-likeness (QED) is 0.482. The molecule has 7 heteroatoms. The van der Waals surface area contributed by atoms with E-state index in [0.29, 0.717) is 0 Å². The van der Waals surface area contributed by atoms with Gasteiger partial charge in [-0.25, -0.2) is 15.0 Å². The molecule has 6 nitrogen and oxygen atoms in total. The molecule has 2 aromatic heterocycles. The SMILES string of the molecule is CC(Nc1ncnc2[nH]ccc12)C1=Nc2ccccc2SN1c1ccccc1. The van der Waals surface area contributed by atoms with Gasteiger partial charge in [0.25, 0.3) is 0 Å². The van der Waals surface area contributed by atoms with Gasteiger partial charge in [-0.2, -0.15) is 0 Å². The van der Waals surface area contributed by atoms with Crippen LogP contribution in [0.3, 0.4) is 0 Å². The molecule has 4 aromatic rings. The number of amidine groups is 1.